The summed E-state index contributed by atoms with van der Waals surface area (Å²) in [4.78, 5) is 18.4. The van der Waals surface area contributed by atoms with E-state index < -0.39 is 29.5 Å². The molecule has 9 aromatic rings. The molecule has 6 aromatic carbocycles. The first-order valence-corrected chi connectivity index (χ1v) is 33.7. The molecule has 3 aliphatic rings. The molecule has 3 unspecified atom stereocenters. The summed E-state index contributed by atoms with van der Waals surface area (Å²) in [6.45, 7) is 6.81. The van der Waals surface area contributed by atoms with Crippen LogP contribution in [-0.2, 0) is 55.2 Å². The van der Waals surface area contributed by atoms with E-state index in [9.17, 15) is 25.3 Å². The van der Waals surface area contributed by atoms with Gasteiger partial charge in [-0.2, -0.15) is 0 Å². The Bertz CT molecular complexity index is 3970. The van der Waals surface area contributed by atoms with Gasteiger partial charge in [-0.1, -0.05) is 89.2 Å². The molecule has 3 aliphatic heterocycles. The van der Waals surface area contributed by atoms with Crippen LogP contribution in [0.2, 0.25) is 0 Å². The Labute approximate surface area is 526 Å². The molecular weight excluding hydrogens is 1310 g/mol. The smallest absolute Gasteiger partial charge is 0.199 e. The van der Waals surface area contributed by atoms with Crippen LogP contribution in [0.25, 0.3) is 38.8 Å². The van der Waals surface area contributed by atoms with Crippen LogP contribution in [0.3, 0.4) is 0 Å². The Hall–Kier alpha value is -5.41. The van der Waals surface area contributed by atoms with Gasteiger partial charge in [-0.25, -0.2) is 25.3 Å². The van der Waals surface area contributed by atoms with E-state index in [1.54, 1.807) is 72.8 Å². The number of rotatable bonds is 15. The molecule has 446 valence electrons. The predicted molar refractivity (Wildman–Crippen MR) is 360 cm³/mol. The molecule has 84 heavy (non-hydrogen) atoms. The highest BCUT2D eigenvalue weighted by Gasteiger charge is 2.25. The van der Waals surface area contributed by atoms with E-state index in [2.05, 4.69) is 128 Å². The van der Waals surface area contributed by atoms with Crippen molar-refractivity contribution in [3.8, 4) is 0 Å². The molecule has 18 heteroatoms. The quantitative estimate of drug-likeness (QED) is 0.0908. The maximum Gasteiger partial charge on any atom is 0.199 e. The van der Waals surface area contributed by atoms with Crippen LogP contribution in [0.5, 0.6) is 0 Å². The Morgan fingerprint density at radius 2 is 0.917 bits per heavy atom. The standard InChI is InChI=1S/C22H26N2O2S.C22H24N2O2S.C14H17BrN2.C8H8O2S.2BrH/c2*1-24-12-5-6-19(24)15-18-16-23-22-10-9-17(14-21(18)22)11-13-27(25,26)20-7-3-2-4-8-20;1-17-6-2-3-12(17)7-10-9-16-14-5-4-11(15)8-13(10)14;1-2-11(9,10)8-6-4-3-5-7-8;;/h2-4,7-10,14,16,19,23H,5-6,11-13,15H2,1H3;2-4,7-11,13-14,16,19,23H,5-6,12,15H2,1H3;4-5,8-9,12,16H,2-3,6-7H2,1H3;2-7H,1H2;2*1H/b;13-11+;;;;. The second kappa shape index (κ2) is 30.3. The summed E-state index contributed by atoms with van der Waals surface area (Å²) in [7, 11) is -3.28. The van der Waals surface area contributed by atoms with Crippen LogP contribution in [0.15, 0.2) is 201 Å². The van der Waals surface area contributed by atoms with Crippen molar-refractivity contribution in [1.29, 1.82) is 0 Å². The molecule has 3 atom stereocenters. The fourth-order valence-corrected chi connectivity index (χ4v) is 14.8. The number of likely N-dealkylation sites (N-methyl/N-ethyl adjacent to an activating group) is 3. The molecule has 0 amide bonds. The average molecular weight is 1390 g/mol. The van der Waals surface area contributed by atoms with Gasteiger partial charge in [0.15, 0.2) is 29.5 Å². The first-order valence-electron chi connectivity index (χ1n) is 28.2. The second-order valence-corrected chi connectivity index (χ2v) is 28.6. The number of hydrogen-bond donors (Lipinski definition) is 3. The van der Waals surface area contributed by atoms with Crippen LogP contribution in [-0.4, -0.2) is 120 Å². The summed E-state index contributed by atoms with van der Waals surface area (Å²) in [5.74, 6) is 0.133. The van der Waals surface area contributed by atoms with E-state index >= 15 is 0 Å². The Kier molecular flexibility index (Phi) is 23.8. The lowest BCUT2D eigenvalue weighted by Crippen LogP contribution is -2.26. The number of H-pyrrole nitrogens is 3. The summed E-state index contributed by atoms with van der Waals surface area (Å²) in [6, 6.07) is 46.1. The third-order valence-corrected chi connectivity index (χ3v) is 21.3. The van der Waals surface area contributed by atoms with Crippen LogP contribution in [0.1, 0.15) is 66.3 Å². The summed E-state index contributed by atoms with van der Waals surface area (Å²) in [6.07, 6.45) is 19.5. The summed E-state index contributed by atoms with van der Waals surface area (Å²) in [5.41, 5.74) is 9.49. The van der Waals surface area contributed by atoms with Gasteiger partial charge in [0.25, 0.3) is 0 Å². The highest BCUT2D eigenvalue weighted by atomic mass is 79.9. The van der Waals surface area contributed by atoms with Crippen molar-refractivity contribution in [1.82, 2.24) is 29.7 Å². The van der Waals surface area contributed by atoms with Gasteiger partial charge in [0, 0.05) is 84.7 Å². The van der Waals surface area contributed by atoms with Gasteiger partial charge in [-0.15, -0.1) is 34.0 Å². The van der Waals surface area contributed by atoms with Crippen molar-refractivity contribution in [2.45, 2.75) is 97.0 Å². The molecule has 3 saturated heterocycles. The number of nitrogens with one attached hydrogen (secondary N) is 3. The minimum absolute atomic E-state index is 0. The number of nitrogens with zero attached hydrogens (tertiary/aromatic N) is 3. The van der Waals surface area contributed by atoms with Gasteiger partial charge < -0.3 is 29.7 Å². The average Bonchev–Trinajstić information content (AvgIpc) is 4.04. The van der Waals surface area contributed by atoms with E-state index in [4.69, 9.17) is 0 Å². The Balaban J connectivity index is 0.000000167. The molecule has 3 fully saturated rings. The number of benzene rings is 6. The molecule has 0 spiro atoms. The van der Waals surface area contributed by atoms with Crippen LogP contribution in [0, 0.1) is 0 Å². The number of hydrogen-bond acceptors (Lipinski definition) is 9. The summed E-state index contributed by atoms with van der Waals surface area (Å²) < 4.78 is 73.3. The zero-order valence-corrected chi connectivity index (χ0v) is 55.3. The largest absolute Gasteiger partial charge is 0.361 e. The molecular formula is C66H77Br3N6O6S3. The maximum atomic E-state index is 12.5. The molecule has 12 rings (SSSR count). The molecule has 0 aliphatic carbocycles. The van der Waals surface area contributed by atoms with Crippen LogP contribution >= 0.6 is 49.9 Å². The van der Waals surface area contributed by atoms with E-state index in [1.165, 1.54) is 114 Å². The topological polar surface area (TPSA) is 160 Å². The number of aryl methyl sites for hydroxylation is 1. The number of sulfone groups is 3. The lowest BCUT2D eigenvalue weighted by molar-refractivity contribution is 0.310. The number of likely N-dealkylation sites (tertiary alicyclic amines) is 3. The minimum Gasteiger partial charge on any atom is -0.361 e. The molecule has 0 radical (unpaired) electrons. The molecule has 6 heterocycles. The molecule has 0 saturated carbocycles. The number of aromatic nitrogens is 3. The lowest BCUT2D eigenvalue weighted by Gasteiger charge is -2.18. The van der Waals surface area contributed by atoms with Gasteiger partial charge in [-0.3, -0.25) is 0 Å². The van der Waals surface area contributed by atoms with Gasteiger partial charge >= 0.3 is 0 Å². The lowest BCUT2D eigenvalue weighted by atomic mass is 10.0. The van der Waals surface area contributed by atoms with Gasteiger partial charge in [-0.05, 0) is 218 Å². The normalized spacial score (nSPS) is 17.6. The first kappa shape index (κ1) is 66.1. The van der Waals surface area contributed by atoms with Crippen molar-refractivity contribution >= 4 is 118 Å². The van der Waals surface area contributed by atoms with E-state index in [0.29, 0.717) is 34.3 Å². The Morgan fingerprint density at radius 3 is 1.36 bits per heavy atom. The van der Waals surface area contributed by atoms with Gasteiger partial charge in [0.05, 0.1) is 20.4 Å². The van der Waals surface area contributed by atoms with Gasteiger partial charge in [0.1, 0.15) is 0 Å². The second-order valence-electron chi connectivity index (χ2n) is 21.8. The third kappa shape index (κ3) is 17.2. The van der Waals surface area contributed by atoms with Crippen molar-refractivity contribution in [3.63, 3.8) is 0 Å². The first-order chi connectivity index (χ1) is 39.5. The number of fused-ring (bicyclic) bond motifs is 3. The third-order valence-electron chi connectivity index (χ3n) is 16.3. The van der Waals surface area contributed by atoms with Crippen LogP contribution < -0.4 is 0 Å². The predicted octanol–water partition coefficient (Wildman–Crippen LogP) is 14.4. The maximum absolute atomic E-state index is 12.5. The fraction of sp³-hybridized carbons (Fsp3) is 0.303. The van der Waals surface area contributed by atoms with Crippen molar-refractivity contribution < 1.29 is 25.3 Å². The SMILES string of the molecule is Br.Br.C=CS(=O)(=O)c1ccccc1.CN1CCCC1Cc1c[nH]c2ccc(/C=C/S(=O)(=O)c3ccccc3)cc12.CN1CCCC1Cc1c[nH]c2ccc(Br)cc12.CN1CCCC1Cc1c[nH]c2ccc(CCS(=O)(=O)c3ccccc3)cc12. The highest BCUT2D eigenvalue weighted by Crippen LogP contribution is 2.30. The zero-order chi connectivity index (χ0) is 57.9. The van der Waals surface area contributed by atoms with Gasteiger partial charge in [0.2, 0.25) is 0 Å². The van der Waals surface area contributed by atoms with Crippen molar-refractivity contribution in [2.75, 3.05) is 46.5 Å². The molecule has 3 N–H and O–H groups in total. The number of halogens is 3. The van der Waals surface area contributed by atoms with Crippen molar-refractivity contribution in [3.05, 3.63) is 214 Å². The Morgan fingerprint density at radius 1 is 0.512 bits per heavy atom. The van der Waals surface area contributed by atoms with E-state index in [1.807, 2.05) is 30.3 Å². The number of aromatic amines is 3. The summed E-state index contributed by atoms with van der Waals surface area (Å²) >= 11 is 3.55. The fourth-order valence-electron chi connectivity index (χ4n) is 11.4. The van der Waals surface area contributed by atoms with Crippen LogP contribution in [0.4, 0.5) is 0 Å². The van der Waals surface area contributed by atoms with E-state index in [0.717, 1.165) is 51.3 Å². The van der Waals surface area contributed by atoms with Crippen molar-refractivity contribution in [2.24, 2.45) is 0 Å². The molecule has 3 aromatic heterocycles. The minimum atomic E-state index is -3.43. The molecule has 12 nitrogen and oxygen atoms in total. The summed E-state index contributed by atoms with van der Waals surface area (Å²) in [5, 5.41) is 6.00. The molecule has 0 bridgehead atoms. The monoisotopic (exact) mass is 1380 g/mol. The highest BCUT2D eigenvalue weighted by molar-refractivity contribution is 9.10. The zero-order valence-electron chi connectivity index (χ0n) is 47.9. The van der Waals surface area contributed by atoms with E-state index in [-0.39, 0.29) is 44.6 Å².